The van der Waals surface area contributed by atoms with Crippen LogP contribution in [0.4, 0.5) is 11.8 Å². The lowest BCUT2D eigenvalue weighted by molar-refractivity contribution is 0.398. The molecule has 0 amide bonds. The first-order valence-corrected chi connectivity index (χ1v) is 5.68. The minimum absolute atomic E-state index is 0.197. The van der Waals surface area contributed by atoms with E-state index in [-0.39, 0.29) is 5.95 Å². The van der Waals surface area contributed by atoms with E-state index in [1.165, 1.54) is 0 Å². The molecule has 2 aromatic heterocycles. The van der Waals surface area contributed by atoms with Crippen molar-refractivity contribution in [1.29, 1.82) is 0 Å². The van der Waals surface area contributed by atoms with Gasteiger partial charge in [0, 0.05) is 31.4 Å². The summed E-state index contributed by atoms with van der Waals surface area (Å²) in [5, 5.41) is 3.17. The zero-order valence-corrected chi connectivity index (χ0v) is 10.2. The van der Waals surface area contributed by atoms with Crippen molar-refractivity contribution in [2.45, 2.75) is 12.8 Å². The number of anilines is 2. The summed E-state index contributed by atoms with van der Waals surface area (Å²) in [6, 6.07) is 1.71. The summed E-state index contributed by atoms with van der Waals surface area (Å²) >= 11 is 0. The number of H-pyrrole nitrogens is 1. The van der Waals surface area contributed by atoms with E-state index in [0.717, 1.165) is 25.2 Å². The molecule has 0 aliphatic heterocycles. The molecule has 4 N–H and O–H groups in total. The highest BCUT2D eigenvalue weighted by atomic mass is 16.5. The molecule has 2 heterocycles. The summed E-state index contributed by atoms with van der Waals surface area (Å²) < 4.78 is 5.01. The molecule has 18 heavy (non-hydrogen) atoms. The largest absolute Gasteiger partial charge is 0.481 e. The van der Waals surface area contributed by atoms with Gasteiger partial charge < -0.3 is 20.8 Å². The summed E-state index contributed by atoms with van der Waals surface area (Å²) in [5.74, 6) is 2.30. The minimum atomic E-state index is 0.197. The van der Waals surface area contributed by atoms with Gasteiger partial charge in [-0.05, 0) is 6.42 Å². The molecular formula is C11H16N6O. The third-order valence-electron chi connectivity index (χ3n) is 2.38. The van der Waals surface area contributed by atoms with Crippen molar-refractivity contribution < 1.29 is 4.74 Å². The third-order valence-corrected chi connectivity index (χ3v) is 2.38. The number of hydrogen-bond acceptors (Lipinski definition) is 6. The number of methoxy groups -OCH3 is 1. The maximum absolute atomic E-state index is 5.56. The lowest BCUT2D eigenvalue weighted by Gasteiger charge is -2.07. The number of rotatable bonds is 6. The Morgan fingerprint density at radius 1 is 1.44 bits per heavy atom. The van der Waals surface area contributed by atoms with E-state index in [0.29, 0.717) is 11.7 Å². The topological polar surface area (TPSA) is 102 Å². The molecule has 0 aromatic carbocycles. The first-order chi connectivity index (χ1) is 8.78. The Morgan fingerprint density at radius 3 is 3.06 bits per heavy atom. The van der Waals surface area contributed by atoms with Crippen LogP contribution in [0.1, 0.15) is 12.2 Å². The molecule has 0 saturated heterocycles. The second kappa shape index (κ2) is 5.85. The highest BCUT2D eigenvalue weighted by Gasteiger charge is 2.02. The monoisotopic (exact) mass is 248 g/mol. The van der Waals surface area contributed by atoms with Crippen molar-refractivity contribution in [2.24, 2.45) is 0 Å². The number of nitrogens with zero attached hydrogens (tertiary/aromatic N) is 3. The van der Waals surface area contributed by atoms with E-state index >= 15 is 0 Å². The summed E-state index contributed by atoms with van der Waals surface area (Å²) in [6.45, 7) is 0.778. The predicted octanol–water partition coefficient (Wildman–Crippen LogP) is 0.835. The molecule has 2 rings (SSSR count). The molecule has 0 saturated carbocycles. The van der Waals surface area contributed by atoms with Gasteiger partial charge >= 0.3 is 0 Å². The van der Waals surface area contributed by atoms with Crippen LogP contribution in [-0.2, 0) is 6.42 Å². The number of aromatic amines is 1. The molecular weight excluding hydrogens is 232 g/mol. The van der Waals surface area contributed by atoms with Crippen molar-refractivity contribution in [3.63, 3.8) is 0 Å². The molecule has 7 nitrogen and oxygen atoms in total. The van der Waals surface area contributed by atoms with E-state index in [4.69, 9.17) is 10.5 Å². The van der Waals surface area contributed by atoms with Crippen LogP contribution in [0.15, 0.2) is 18.5 Å². The van der Waals surface area contributed by atoms with Gasteiger partial charge in [0.05, 0.1) is 7.11 Å². The summed E-state index contributed by atoms with van der Waals surface area (Å²) in [7, 11) is 1.54. The van der Waals surface area contributed by atoms with Crippen LogP contribution in [0.3, 0.4) is 0 Å². The van der Waals surface area contributed by atoms with Crippen LogP contribution in [0.25, 0.3) is 0 Å². The Bertz CT molecular complexity index is 484. The zero-order chi connectivity index (χ0) is 12.8. The highest BCUT2D eigenvalue weighted by molar-refractivity contribution is 5.42. The van der Waals surface area contributed by atoms with Gasteiger partial charge in [-0.15, -0.1) is 0 Å². The van der Waals surface area contributed by atoms with Crippen LogP contribution in [0.2, 0.25) is 0 Å². The first kappa shape index (κ1) is 12.2. The summed E-state index contributed by atoms with van der Waals surface area (Å²) in [5.41, 5.74) is 5.56. The van der Waals surface area contributed by atoms with Gasteiger partial charge in [-0.1, -0.05) is 0 Å². The Balaban J connectivity index is 1.81. The normalized spacial score (nSPS) is 10.3. The zero-order valence-electron chi connectivity index (χ0n) is 10.2. The van der Waals surface area contributed by atoms with E-state index in [1.54, 1.807) is 19.4 Å². The van der Waals surface area contributed by atoms with Gasteiger partial charge in [-0.2, -0.15) is 9.97 Å². The van der Waals surface area contributed by atoms with Gasteiger partial charge in [0.1, 0.15) is 11.6 Å². The molecule has 0 unspecified atom stereocenters. The van der Waals surface area contributed by atoms with E-state index < -0.39 is 0 Å². The number of ether oxygens (including phenoxy) is 1. The SMILES string of the molecule is COc1cc(NCCCc2ncc[nH]2)nc(N)n1. The van der Waals surface area contributed by atoms with Gasteiger partial charge in [-0.25, -0.2) is 4.98 Å². The van der Waals surface area contributed by atoms with Gasteiger partial charge in [-0.3, -0.25) is 0 Å². The smallest absolute Gasteiger partial charge is 0.225 e. The Labute approximate surface area is 105 Å². The summed E-state index contributed by atoms with van der Waals surface area (Å²) in [6.07, 6.45) is 5.40. The average molecular weight is 248 g/mol. The van der Waals surface area contributed by atoms with Gasteiger partial charge in [0.2, 0.25) is 11.8 Å². The lowest BCUT2D eigenvalue weighted by atomic mass is 10.3. The molecule has 0 bridgehead atoms. The lowest BCUT2D eigenvalue weighted by Crippen LogP contribution is -2.07. The Hall–Kier alpha value is -2.31. The van der Waals surface area contributed by atoms with E-state index in [1.807, 2.05) is 6.20 Å². The molecule has 0 aliphatic rings. The molecule has 0 spiro atoms. The van der Waals surface area contributed by atoms with Crippen LogP contribution >= 0.6 is 0 Å². The maximum atomic E-state index is 5.56. The molecule has 0 atom stereocenters. The third kappa shape index (κ3) is 3.34. The van der Waals surface area contributed by atoms with Crippen LogP contribution in [-0.4, -0.2) is 33.6 Å². The molecule has 96 valence electrons. The van der Waals surface area contributed by atoms with Crippen molar-refractivity contribution >= 4 is 11.8 Å². The molecule has 0 aliphatic carbocycles. The second-order valence-electron chi connectivity index (χ2n) is 3.72. The first-order valence-electron chi connectivity index (χ1n) is 5.68. The molecule has 2 aromatic rings. The quantitative estimate of drug-likeness (QED) is 0.655. The number of aryl methyl sites for hydroxylation is 1. The molecule has 0 fully saturated rings. The molecule has 0 radical (unpaired) electrons. The van der Waals surface area contributed by atoms with Crippen LogP contribution in [0, 0.1) is 0 Å². The predicted molar refractivity (Wildman–Crippen MR) is 68.4 cm³/mol. The van der Waals surface area contributed by atoms with Crippen molar-refractivity contribution in [3.8, 4) is 5.88 Å². The number of imidazole rings is 1. The van der Waals surface area contributed by atoms with Crippen LogP contribution < -0.4 is 15.8 Å². The van der Waals surface area contributed by atoms with Gasteiger partial charge in [0.25, 0.3) is 0 Å². The number of nitrogens with two attached hydrogens (primary N) is 1. The standard InChI is InChI=1S/C11H16N6O/c1-18-10-7-9(16-11(12)17-10)13-4-2-3-8-14-5-6-15-8/h5-7H,2-4H2,1H3,(H,14,15)(H3,12,13,16,17). The van der Waals surface area contributed by atoms with Crippen molar-refractivity contribution in [1.82, 2.24) is 19.9 Å². The van der Waals surface area contributed by atoms with Crippen molar-refractivity contribution in [3.05, 3.63) is 24.3 Å². The Kier molecular flexibility index (Phi) is 3.95. The maximum Gasteiger partial charge on any atom is 0.225 e. The highest BCUT2D eigenvalue weighted by Crippen LogP contribution is 2.13. The number of nitrogens with one attached hydrogen (secondary N) is 2. The fourth-order valence-electron chi connectivity index (χ4n) is 1.54. The Morgan fingerprint density at radius 2 is 2.33 bits per heavy atom. The van der Waals surface area contributed by atoms with Crippen LogP contribution in [0.5, 0.6) is 5.88 Å². The van der Waals surface area contributed by atoms with E-state index in [2.05, 4.69) is 25.3 Å². The minimum Gasteiger partial charge on any atom is -0.481 e. The molecule has 7 heteroatoms. The second-order valence-corrected chi connectivity index (χ2v) is 3.72. The number of aromatic nitrogens is 4. The van der Waals surface area contributed by atoms with Crippen molar-refractivity contribution in [2.75, 3.05) is 24.7 Å². The average Bonchev–Trinajstić information content (AvgIpc) is 2.87. The number of nitrogen functional groups attached to an aromatic ring is 1. The van der Waals surface area contributed by atoms with Gasteiger partial charge in [0.15, 0.2) is 0 Å². The number of hydrogen-bond donors (Lipinski definition) is 3. The van der Waals surface area contributed by atoms with E-state index in [9.17, 15) is 0 Å². The summed E-state index contributed by atoms with van der Waals surface area (Å²) in [4.78, 5) is 15.2. The fourth-order valence-corrected chi connectivity index (χ4v) is 1.54. The fraction of sp³-hybridized carbons (Fsp3) is 0.364.